The zero-order chi connectivity index (χ0) is 10.8. The van der Waals surface area contributed by atoms with Gasteiger partial charge < -0.3 is 10.2 Å². The normalized spacial score (nSPS) is 15.4. The quantitative estimate of drug-likeness (QED) is 0.904. The average Bonchev–Trinajstić information content (AvgIpc) is 2.99. The Kier molecular flexibility index (Phi) is 3.32. The van der Waals surface area contributed by atoms with Crippen LogP contribution >= 0.6 is 15.9 Å². The lowest BCUT2D eigenvalue weighted by atomic mass is 10.2. The predicted molar refractivity (Wildman–Crippen MR) is 68.3 cm³/mol. The molecule has 0 bridgehead atoms. The highest BCUT2D eigenvalue weighted by Gasteiger charge is 2.20. The highest BCUT2D eigenvalue weighted by molar-refractivity contribution is 9.10. The maximum atomic E-state index is 3.62. The van der Waals surface area contributed by atoms with E-state index < -0.39 is 0 Å². The summed E-state index contributed by atoms with van der Waals surface area (Å²) >= 11 is 3.62. The Bertz CT molecular complexity index is 345. The van der Waals surface area contributed by atoms with Crippen molar-refractivity contribution in [1.82, 2.24) is 5.32 Å². The standard InChI is InChI=1S/C12H17BrN2/c1-15(2)11-6-3-9(12(13)7-11)8-14-10-4-5-10/h3,6-7,10,14H,4-5,8H2,1-2H3. The van der Waals surface area contributed by atoms with E-state index >= 15 is 0 Å². The molecule has 0 radical (unpaired) electrons. The second kappa shape index (κ2) is 4.54. The smallest absolute Gasteiger partial charge is 0.0372 e. The summed E-state index contributed by atoms with van der Waals surface area (Å²) in [6.07, 6.45) is 2.68. The summed E-state index contributed by atoms with van der Waals surface area (Å²) in [5.74, 6) is 0. The van der Waals surface area contributed by atoms with E-state index in [0.29, 0.717) is 0 Å². The largest absolute Gasteiger partial charge is 0.378 e. The van der Waals surface area contributed by atoms with Gasteiger partial charge in [0.05, 0.1) is 0 Å². The Morgan fingerprint density at radius 3 is 2.67 bits per heavy atom. The van der Waals surface area contributed by atoms with Crippen molar-refractivity contribution in [3.63, 3.8) is 0 Å². The Morgan fingerprint density at radius 1 is 1.40 bits per heavy atom. The van der Waals surface area contributed by atoms with Gasteiger partial charge in [-0.3, -0.25) is 0 Å². The third-order valence-electron chi connectivity index (χ3n) is 2.71. The van der Waals surface area contributed by atoms with E-state index in [4.69, 9.17) is 0 Å². The Balaban J connectivity index is 2.04. The van der Waals surface area contributed by atoms with Gasteiger partial charge in [0.15, 0.2) is 0 Å². The van der Waals surface area contributed by atoms with Crippen molar-refractivity contribution in [1.29, 1.82) is 0 Å². The van der Waals surface area contributed by atoms with E-state index in [0.717, 1.165) is 12.6 Å². The molecule has 0 aliphatic heterocycles. The van der Waals surface area contributed by atoms with Crippen molar-refractivity contribution in [2.24, 2.45) is 0 Å². The van der Waals surface area contributed by atoms with Crippen molar-refractivity contribution in [3.05, 3.63) is 28.2 Å². The zero-order valence-electron chi connectivity index (χ0n) is 9.26. The van der Waals surface area contributed by atoms with Crippen molar-refractivity contribution >= 4 is 21.6 Å². The molecule has 0 aromatic heterocycles. The number of anilines is 1. The van der Waals surface area contributed by atoms with Gasteiger partial charge in [0, 0.05) is 36.8 Å². The molecule has 1 aromatic carbocycles. The van der Waals surface area contributed by atoms with E-state index in [1.807, 2.05) is 0 Å². The first-order valence-electron chi connectivity index (χ1n) is 5.36. The Morgan fingerprint density at radius 2 is 2.13 bits per heavy atom. The van der Waals surface area contributed by atoms with Crippen molar-refractivity contribution in [2.75, 3.05) is 19.0 Å². The third kappa shape index (κ3) is 2.95. The summed E-state index contributed by atoms with van der Waals surface area (Å²) < 4.78 is 1.20. The molecule has 1 aromatic rings. The second-order valence-electron chi connectivity index (χ2n) is 4.33. The molecule has 82 valence electrons. The lowest BCUT2D eigenvalue weighted by Gasteiger charge is -2.14. The molecular weight excluding hydrogens is 252 g/mol. The van der Waals surface area contributed by atoms with Crippen molar-refractivity contribution in [2.45, 2.75) is 25.4 Å². The van der Waals surface area contributed by atoms with Gasteiger partial charge in [0.1, 0.15) is 0 Å². The third-order valence-corrected chi connectivity index (χ3v) is 3.45. The molecule has 1 aliphatic carbocycles. The minimum absolute atomic E-state index is 0.769. The van der Waals surface area contributed by atoms with Crippen LogP contribution in [-0.2, 0) is 6.54 Å². The molecular formula is C12H17BrN2. The van der Waals surface area contributed by atoms with Crippen LogP contribution < -0.4 is 10.2 Å². The Labute approximate surface area is 99.8 Å². The van der Waals surface area contributed by atoms with Crippen LogP contribution in [0.4, 0.5) is 5.69 Å². The topological polar surface area (TPSA) is 15.3 Å². The molecule has 2 nitrogen and oxygen atoms in total. The van der Waals surface area contributed by atoms with Gasteiger partial charge in [-0.15, -0.1) is 0 Å². The van der Waals surface area contributed by atoms with Crippen LogP contribution in [0.2, 0.25) is 0 Å². The van der Waals surface area contributed by atoms with Gasteiger partial charge in [-0.05, 0) is 30.5 Å². The van der Waals surface area contributed by atoms with Gasteiger partial charge in [0.25, 0.3) is 0 Å². The average molecular weight is 269 g/mol. The summed E-state index contributed by atoms with van der Waals surface area (Å²) in [6, 6.07) is 7.29. The molecule has 1 aliphatic rings. The molecule has 1 N–H and O–H groups in total. The molecule has 15 heavy (non-hydrogen) atoms. The molecule has 0 heterocycles. The number of hydrogen-bond acceptors (Lipinski definition) is 2. The number of rotatable bonds is 4. The van der Waals surface area contributed by atoms with Crippen LogP contribution in [-0.4, -0.2) is 20.1 Å². The summed E-state index contributed by atoms with van der Waals surface area (Å²) in [4.78, 5) is 2.11. The maximum Gasteiger partial charge on any atom is 0.0372 e. The monoisotopic (exact) mass is 268 g/mol. The number of nitrogens with one attached hydrogen (secondary N) is 1. The first kappa shape index (κ1) is 11.0. The van der Waals surface area contributed by atoms with E-state index in [2.05, 4.69) is 58.4 Å². The van der Waals surface area contributed by atoms with Crippen LogP contribution in [0, 0.1) is 0 Å². The fourth-order valence-corrected chi connectivity index (χ4v) is 2.01. The first-order valence-corrected chi connectivity index (χ1v) is 6.15. The molecule has 1 saturated carbocycles. The molecule has 2 rings (SSSR count). The summed E-state index contributed by atoms with van der Waals surface area (Å²) in [7, 11) is 4.12. The number of hydrogen-bond donors (Lipinski definition) is 1. The first-order chi connectivity index (χ1) is 7.16. The van der Waals surface area contributed by atoms with Crippen LogP contribution in [0.3, 0.4) is 0 Å². The van der Waals surface area contributed by atoms with Gasteiger partial charge in [-0.2, -0.15) is 0 Å². The SMILES string of the molecule is CN(C)c1ccc(CNC2CC2)c(Br)c1. The van der Waals surface area contributed by atoms with Crippen molar-refractivity contribution in [3.8, 4) is 0 Å². The number of halogens is 1. The summed E-state index contributed by atoms with van der Waals surface area (Å²) in [5.41, 5.74) is 2.57. The highest BCUT2D eigenvalue weighted by atomic mass is 79.9. The highest BCUT2D eigenvalue weighted by Crippen LogP contribution is 2.25. The lowest BCUT2D eigenvalue weighted by Crippen LogP contribution is -2.16. The van der Waals surface area contributed by atoms with Crippen LogP contribution in [0.25, 0.3) is 0 Å². The van der Waals surface area contributed by atoms with Crippen LogP contribution in [0.5, 0.6) is 0 Å². The molecule has 0 amide bonds. The van der Waals surface area contributed by atoms with E-state index in [9.17, 15) is 0 Å². The van der Waals surface area contributed by atoms with Gasteiger partial charge in [-0.1, -0.05) is 22.0 Å². The number of nitrogens with zero attached hydrogens (tertiary/aromatic N) is 1. The fourth-order valence-electron chi connectivity index (χ4n) is 1.50. The van der Waals surface area contributed by atoms with Crippen LogP contribution in [0.15, 0.2) is 22.7 Å². The zero-order valence-corrected chi connectivity index (χ0v) is 10.8. The molecule has 1 fully saturated rings. The minimum Gasteiger partial charge on any atom is -0.378 e. The van der Waals surface area contributed by atoms with Gasteiger partial charge >= 0.3 is 0 Å². The maximum absolute atomic E-state index is 3.62. The molecule has 3 heteroatoms. The minimum atomic E-state index is 0.769. The van der Waals surface area contributed by atoms with Gasteiger partial charge in [-0.25, -0.2) is 0 Å². The Hall–Kier alpha value is -0.540. The summed E-state index contributed by atoms with van der Waals surface area (Å²) in [5, 5.41) is 3.52. The van der Waals surface area contributed by atoms with E-state index in [1.54, 1.807) is 0 Å². The van der Waals surface area contributed by atoms with Crippen LogP contribution in [0.1, 0.15) is 18.4 Å². The molecule has 0 unspecified atom stereocenters. The predicted octanol–water partition coefficient (Wildman–Crippen LogP) is 2.77. The van der Waals surface area contributed by atoms with E-state index in [-0.39, 0.29) is 0 Å². The van der Waals surface area contributed by atoms with Gasteiger partial charge in [0.2, 0.25) is 0 Å². The molecule has 0 spiro atoms. The summed E-state index contributed by atoms with van der Waals surface area (Å²) in [6.45, 7) is 0.971. The lowest BCUT2D eigenvalue weighted by molar-refractivity contribution is 0.686. The number of benzene rings is 1. The fraction of sp³-hybridized carbons (Fsp3) is 0.500. The molecule has 0 atom stereocenters. The van der Waals surface area contributed by atoms with Crippen molar-refractivity contribution < 1.29 is 0 Å². The molecule has 0 saturated heterocycles. The second-order valence-corrected chi connectivity index (χ2v) is 5.18. The van der Waals surface area contributed by atoms with E-state index in [1.165, 1.54) is 28.6 Å².